The number of carboxylic acid groups (broad SMARTS) is 1. The second-order valence-corrected chi connectivity index (χ2v) is 6.05. The minimum atomic E-state index is -0.711. The number of fused-ring (bicyclic) bond motifs is 1. The normalized spacial score (nSPS) is 32.7. The SMILES string of the molecule is CC1C=C2C=C[C@@H](C)C(C)C2CC1.CCCC(=O)O. The van der Waals surface area contributed by atoms with Crippen LogP contribution in [0.3, 0.4) is 0 Å². The predicted octanol–water partition coefficient (Wildman–Crippen LogP) is 4.67. The van der Waals surface area contributed by atoms with Crippen molar-refractivity contribution in [2.24, 2.45) is 23.7 Å². The molecule has 0 aliphatic heterocycles. The molecule has 2 aliphatic carbocycles. The van der Waals surface area contributed by atoms with Crippen LogP contribution in [0.25, 0.3) is 0 Å². The Morgan fingerprint density at radius 3 is 2.53 bits per heavy atom. The Morgan fingerprint density at radius 1 is 1.32 bits per heavy atom. The lowest BCUT2D eigenvalue weighted by molar-refractivity contribution is -0.137. The van der Waals surface area contributed by atoms with Crippen LogP contribution in [-0.4, -0.2) is 11.1 Å². The summed E-state index contributed by atoms with van der Waals surface area (Å²) in [5, 5.41) is 7.91. The summed E-state index contributed by atoms with van der Waals surface area (Å²) in [5.41, 5.74) is 1.62. The summed E-state index contributed by atoms with van der Waals surface area (Å²) in [6.45, 7) is 8.92. The van der Waals surface area contributed by atoms with Gasteiger partial charge in [-0.15, -0.1) is 0 Å². The number of aliphatic carboxylic acids is 1. The largest absolute Gasteiger partial charge is 0.481 e. The fourth-order valence-corrected chi connectivity index (χ4v) is 2.91. The average Bonchev–Trinajstić information content (AvgIpc) is 2.34. The van der Waals surface area contributed by atoms with E-state index in [0.717, 1.165) is 30.1 Å². The van der Waals surface area contributed by atoms with Crippen molar-refractivity contribution in [3.8, 4) is 0 Å². The van der Waals surface area contributed by atoms with E-state index in [-0.39, 0.29) is 0 Å². The van der Waals surface area contributed by atoms with Crippen molar-refractivity contribution in [2.75, 3.05) is 0 Å². The van der Waals surface area contributed by atoms with Crippen LogP contribution in [0.4, 0.5) is 0 Å². The monoisotopic (exact) mass is 264 g/mol. The third-order valence-electron chi connectivity index (χ3n) is 4.36. The Bertz CT molecular complexity index is 354. The molecule has 0 heterocycles. The van der Waals surface area contributed by atoms with Crippen LogP contribution < -0.4 is 0 Å². The summed E-state index contributed by atoms with van der Waals surface area (Å²) < 4.78 is 0. The standard InChI is InChI=1S/C13H20.C4H8O2/c1-9-4-7-13-11(3)10(2)5-6-12(13)8-9;1-2-3-4(5)6/h5-6,8-11,13H,4,7H2,1-3H3;2-3H2,1H3,(H,5,6)/t9?,10-,11?,13?;/m1./s1. The minimum absolute atomic E-state index is 0.292. The van der Waals surface area contributed by atoms with Crippen LogP contribution in [-0.2, 0) is 4.79 Å². The molecule has 0 radical (unpaired) electrons. The molecule has 4 atom stereocenters. The van der Waals surface area contributed by atoms with Crippen LogP contribution in [0.5, 0.6) is 0 Å². The zero-order valence-electron chi connectivity index (χ0n) is 12.7. The summed E-state index contributed by atoms with van der Waals surface area (Å²) in [6.07, 6.45) is 11.0. The zero-order chi connectivity index (χ0) is 14.4. The highest BCUT2D eigenvalue weighted by Crippen LogP contribution is 2.40. The fraction of sp³-hybridized carbons (Fsp3) is 0.706. The van der Waals surface area contributed by atoms with Gasteiger partial charge < -0.3 is 5.11 Å². The number of hydrogen-bond donors (Lipinski definition) is 1. The third kappa shape index (κ3) is 4.85. The van der Waals surface area contributed by atoms with E-state index in [4.69, 9.17) is 5.11 Å². The second-order valence-electron chi connectivity index (χ2n) is 6.05. The molecule has 0 saturated carbocycles. The highest BCUT2D eigenvalue weighted by atomic mass is 16.4. The molecule has 0 bridgehead atoms. The second kappa shape index (κ2) is 7.52. The Labute approximate surface area is 117 Å². The lowest BCUT2D eigenvalue weighted by atomic mass is 9.69. The van der Waals surface area contributed by atoms with Crippen molar-refractivity contribution < 1.29 is 9.90 Å². The van der Waals surface area contributed by atoms with Crippen LogP contribution in [0.2, 0.25) is 0 Å². The number of rotatable bonds is 2. The van der Waals surface area contributed by atoms with Gasteiger partial charge in [-0.1, -0.05) is 45.9 Å². The van der Waals surface area contributed by atoms with Gasteiger partial charge in [0.05, 0.1) is 0 Å². The highest BCUT2D eigenvalue weighted by molar-refractivity contribution is 5.66. The molecule has 0 spiro atoms. The highest BCUT2D eigenvalue weighted by Gasteiger charge is 2.29. The van der Waals surface area contributed by atoms with Gasteiger partial charge >= 0.3 is 5.97 Å². The first kappa shape index (κ1) is 16.0. The van der Waals surface area contributed by atoms with Gasteiger partial charge in [-0.3, -0.25) is 4.79 Å². The van der Waals surface area contributed by atoms with Crippen molar-refractivity contribution in [1.29, 1.82) is 0 Å². The summed E-state index contributed by atoms with van der Waals surface area (Å²) in [7, 11) is 0. The van der Waals surface area contributed by atoms with Crippen LogP contribution in [0, 0.1) is 23.7 Å². The summed E-state index contributed by atoms with van der Waals surface area (Å²) in [4.78, 5) is 9.60. The van der Waals surface area contributed by atoms with E-state index in [0.29, 0.717) is 6.42 Å². The number of carboxylic acids is 1. The van der Waals surface area contributed by atoms with E-state index >= 15 is 0 Å². The maximum Gasteiger partial charge on any atom is 0.303 e. The molecule has 1 N–H and O–H groups in total. The smallest absolute Gasteiger partial charge is 0.303 e. The maximum atomic E-state index is 9.60. The molecular formula is C17H28O2. The van der Waals surface area contributed by atoms with Gasteiger partial charge in [0.15, 0.2) is 0 Å². The van der Waals surface area contributed by atoms with Crippen LogP contribution in [0.15, 0.2) is 23.8 Å². The molecule has 3 unspecified atom stereocenters. The van der Waals surface area contributed by atoms with E-state index in [9.17, 15) is 4.79 Å². The maximum absolute atomic E-state index is 9.60. The third-order valence-corrected chi connectivity index (χ3v) is 4.36. The molecule has 0 fully saturated rings. The van der Waals surface area contributed by atoms with Gasteiger partial charge in [0, 0.05) is 6.42 Å². The van der Waals surface area contributed by atoms with E-state index in [1.807, 2.05) is 6.92 Å². The molecule has 2 rings (SSSR count). The Balaban J connectivity index is 0.000000258. The number of hydrogen-bond acceptors (Lipinski definition) is 1. The molecule has 0 amide bonds. The van der Waals surface area contributed by atoms with Crippen molar-refractivity contribution in [2.45, 2.75) is 53.4 Å². The van der Waals surface area contributed by atoms with E-state index < -0.39 is 5.97 Å². The number of carbonyl (C=O) groups is 1. The molecule has 0 aromatic carbocycles. The first-order valence-corrected chi connectivity index (χ1v) is 7.57. The summed E-state index contributed by atoms with van der Waals surface area (Å²) in [5.74, 6) is 2.57. The average molecular weight is 264 g/mol. The molecule has 0 aromatic rings. The minimum Gasteiger partial charge on any atom is -0.481 e. The van der Waals surface area contributed by atoms with Crippen molar-refractivity contribution >= 4 is 5.97 Å². The van der Waals surface area contributed by atoms with Gasteiger partial charge in [0.1, 0.15) is 0 Å². The topological polar surface area (TPSA) is 37.3 Å². The van der Waals surface area contributed by atoms with Crippen LogP contribution in [0.1, 0.15) is 53.4 Å². The first-order chi connectivity index (χ1) is 8.95. The lowest BCUT2D eigenvalue weighted by Crippen LogP contribution is -2.26. The predicted molar refractivity (Wildman–Crippen MR) is 80.0 cm³/mol. The molecule has 0 aromatic heterocycles. The van der Waals surface area contributed by atoms with Gasteiger partial charge in [-0.25, -0.2) is 0 Å². The van der Waals surface area contributed by atoms with Gasteiger partial charge in [-0.05, 0) is 48.5 Å². The quantitative estimate of drug-likeness (QED) is 0.786. The van der Waals surface area contributed by atoms with Gasteiger partial charge in [-0.2, -0.15) is 0 Å². The molecule has 108 valence electrons. The first-order valence-electron chi connectivity index (χ1n) is 7.57. The molecular weight excluding hydrogens is 236 g/mol. The van der Waals surface area contributed by atoms with Crippen LogP contribution >= 0.6 is 0 Å². The molecule has 19 heavy (non-hydrogen) atoms. The fourth-order valence-electron chi connectivity index (χ4n) is 2.91. The lowest BCUT2D eigenvalue weighted by Gasteiger charge is -2.36. The number of allylic oxidation sites excluding steroid dienone is 4. The molecule has 0 saturated heterocycles. The van der Waals surface area contributed by atoms with Crippen molar-refractivity contribution in [3.63, 3.8) is 0 Å². The Kier molecular flexibility index (Phi) is 6.33. The van der Waals surface area contributed by atoms with E-state index in [1.165, 1.54) is 12.8 Å². The Morgan fingerprint density at radius 2 is 2.00 bits per heavy atom. The van der Waals surface area contributed by atoms with Crippen molar-refractivity contribution in [1.82, 2.24) is 0 Å². The zero-order valence-corrected chi connectivity index (χ0v) is 12.7. The Hall–Kier alpha value is -1.05. The van der Waals surface area contributed by atoms with E-state index in [2.05, 4.69) is 39.0 Å². The summed E-state index contributed by atoms with van der Waals surface area (Å²) >= 11 is 0. The molecule has 2 heteroatoms. The van der Waals surface area contributed by atoms with Gasteiger partial charge in [0.2, 0.25) is 0 Å². The summed E-state index contributed by atoms with van der Waals surface area (Å²) in [6, 6.07) is 0. The molecule has 2 nitrogen and oxygen atoms in total. The van der Waals surface area contributed by atoms with Crippen molar-refractivity contribution in [3.05, 3.63) is 23.8 Å². The van der Waals surface area contributed by atoms with Gasteiger partial charge in [0.25, 0.3) is 0 Å². The van der Waals surface area contributed by atoms with E-state index in [1.54, 1.807) is 5.57 Å². The molecule has 2 aliphatic rings.